The van der Waals surface area contributed by atoms with Crippen LogP contribution in [0.2, 0.25) is 0 Å². The summed E-state index contributed by atoms with van der Waals surface area (Å²) in [5, 5.41) is 2.84. The van der Waals surface area contributed by atoms with E-state index in [-0.39, 0.29) is 5.91 Å². The molecule has 23 heavy (non-hydrogen) atoms. The maximum atomic E-state index is 11.9. The maximum Gasteiger partial charge on any atom is 0.244 e. The molecular formula is C18H15N3O2. The fraction of sp³-hybridized carbons (Fsp3) is 0.0556. The number of carbonyl (C=O) groups is 1. The fourth-order valence-corrected chi connectivity index (χ4v) is 2.13. The van der Waals surface area contributed by atoms with Gasteiger partial charge in [0.1, 0.15) is 5.76 Å². The summed E-state index contributed by atoms with van der Waals surface area (Å²) < 4.78 is 5.14. The van der Waals surface area contributed by atoms with Gasteiger partial charge in [-0.25, -0.2) is 0 Å². The van der Waals surface area contributed by atoms with Crippen LogP contribution in [0.15, 0.2) is 71.7 Å². The van der Waals surface area contributed by atoms with Crippen LogP contribution in [0.5, 0.6) is 0 Å². The van der Waals surface area contributed by atoms with Crippen molar-refractivity contribution in [1.82, 2.24) is 15.3 Å². The van der Waals surface area contributed by atoms with Crippen LogP contribution in [0.1, 0.15) is 11.3 Å². The zero-order valence-corrected chi connectivity index (χ0v) is 12.3. The summed E-state index contributed by atoms with van der Waals surface area (Å²) in [4.78, 5) is 20.4. The number of amides is 1. The number of nitrogens with one attached hydrogen (secondary N) is 1. The van der Waals surface area contributed by atoms with Gasteiger partial charge in [0, 0.05) is 36.8 Å². The van der Waals surface area contributed by atoms with Gasteiger partial charge in [0.05, 0.1) is 12.0 Å². The van der Waals surface area contributed by atoms with Gasteiger partial charge in [-0.05, 0) is 42.0 Å². The zero-order chi connectivity index (χ0) is 15.9. The molecule has 114 valence electrons. The molecule has 0 spiro atoms. The van der Waals surface area contributed by atoms with Gasteiger partial charge in [0.15, 0.2) is 0 Å². The number of aromatic nitrogens is 2. The monoisotopic (exact) mass is 305 g/mol. The molecule has 0 aliphatic rings. The van der Waals surface area contributed by atoms with Gasteiger partial charge in [0.25, 0.3) is 0 Å². The Kier molecular flexibility index (Phi) is 4.59. The highest BCUT2D eigenvalue weighted by Gasteiger charge is 2.07. The fourth-order valence-electron chi connectivity index (χ4n) is 2.13. The Hall–Kier alpha value is -3.21. The summed E-state index contributed by atoms with van der Waals surface area (Å²) in [6, 6.07) is 11.1. The molecular weight excluding hydrogens is 290 g/mol. The molecule has 0 saturated heterocycles. The Morgan fingerprint density at radius 3 is 2.87 bits per heavy atom. The minimum atomic E-state index is -0.192. The smallest absolute Gasteiger partial charge is 0.244 e. The number of hydrogen-bond donors (Lipinski definition) is 1. The van der Waals surface area contributed by atoms with E-state index in [0.717, 1.165) is 16.8 Å². The zero-order valence-electron chi connectivity index (χ0n) is 12.3. The Bertz CT molecular complexity index is 796. The van der Waals surface area contributed by atoms with E-state index in [9.17, 15) is 4.79 Å². The highest BCUT2D eigenvalue weighted by atomic mass is 16.3. The van der Waals surface area contributed by atoms with Gasteiger partial charge >= 0.3 is 0 Å². The average molecular weight is 305 g/mol. The van der Waals surface area contributed by atoms with Crippen LogP contribution in [0, 0.1) is 0 Å². The molecule has 0 bridgehead atoms. The molecule has 0 saturated carbocycles. The van der Waals surface area contributed by atoms with Crippen LogP contribution < -0.4 is 5.32 Å². The molecule has 0 aromatic carbocycles. The number of pyridine rings is 2. The predicted octanol–water partition coefficient (Wildman–Crippen LogP) is 3.07. The third kappa shape index (κ3) is 3.91. The molecule has 5 heteroatoms. The summed E-state index contributed by atoms with van der Waals surface area (Å²) in [6.45, 7) is 0.388. The molecule has 3 rings (SSSR count). The quantitative estimate of drug-likeness (QED) is 0.736. The first-order chi connectivity index (χ1) is 11.3. The number of hydrogen-bond acceptors (Lipinski definition) is 4. The number of carbonyl (C=O) groups excluding carboxylic acids is 1. The van der Waals surface area contributed by atoms with Crippen LogP contribution in [0.4, 0.5) is 0 Å². The van der Waals surface area contributed by atoms with Crippen molar-refractivity contribution in [3.8, 4) is 11.3 Å². The standard InChI is InChI=1S/C18H15N3O2/c22-17(8-7-16-6-3-11-23-16)21-13-15-5-2-10-20-18(15)14-4-1-9-19-12-14/h1-12H,13H2,(H,21,22)/b8-7+. The van der Waals surface area contributed by atoms with E-state index in [1.54, 1.807) is 43.1 Å². The summed E-state index contributed by atoms with van der Waals surface area (Å²) in [5.74, 6) is 0.444. The van der Waals surface area contributed by atoms with E-state index in [2.05, 4.69) is 15.3 Å². The molecule has 0 fully saturated rings. The van der Waals surface area contributed by atoms with Crippen molar-refractivity contribution in [2.45, 2.75) is 6.54 Å². The lowest BCUT2D eigenvalue weighted by Crippen LogP contribution is -2.20. The van der Waals surface area contributed by atoms with Crippen molar-refractivity contribution in [2.24, 2.45) is 0 Å². The van der Waals surface area contributed by atoms with Crippen LogP contribution in [0.3, 0.4) is 0 Å². The molecule has 3 heterocycles. The number of furan rings is 1. The lowest BCUT2D eigenvalue weighted by molar-refractivity contribution is -0.116. The van der Waals surface area contributed by atoms with Gasteiger partial charge in [-0.2, -0.15) is 0 Å². The Balaban J connectivity index is 1.68. The number of nitrogens with zero attached hydrogens (tertiary/aromatic N) is 2. The van der Waals surface area contributed by atoms with E-state index >= 15 is 0 Å². The second-order valence-electron chi connectivity index (χ2n) is 4.82. The van der Waals surface area contributed by atoms with Gasteiger partial charge in [-0.1, -0.05) is 6.07 Å². The van der Waals surface area contributed by atoms with E-state index in [1.807, 2.05) is 24.3 Å². The van der Waals surface area contributed by atoms with Crippen LogP contribution in [0.25, 0.3) is 17.3 Å². The first kappa shape index (κ1) is 14.7. The van der Waals surface area contributed by atoms with Gasteiger partial charge in [0.2, 0.25) is 5.91 Å². The van der Waals surface area contributed by atoms with Crippen molar-refractivity contribution in [2.75, 3.05) is 0 Å². The molecule has 0 aliphatic heterocycles. The molecule has 5 nitrogen and oxygen atoms in total. The Morgan fingerprint density at radius 2 is 2.09 bits per heavy atom. The van der Waals surface area contributed by atoms with Crippen molar-refractivity contribution in [1.29, 1.82) is 0 Å². The summed E-state index contributed by atoms with van der Waals surface area (Å²) in [7, 11) is 0. The first-order valence-electron chi connectivity index (χ1n) is 7.16. The summed E-state index contributed by atoms with van der Waals surface area (Å²) in [5.41, 5.74) is 2.67. The van der Waals surface area contributed by atoms with Crippen molar-refractivity contribution in [3.63, 3.8) is 0 Å². The third-order valence-corrected chi connectivity index (χ3v) is 3.22. The van der Waals surface area contributed by atoms with Crippen LogP contribution in [-0.4, -0.2) is 15.9 Å². The molecule has 1 N–H and O–H groups in total. The van der Waals surface area contributed by atoms with Crippen molar-refractivity contribution >= 4 is 12.0 Å². The molecule has 1 amide bonds. The molecule has 3 aromatic heterocycles. The Labute approximate surface area is 133 Å². The van der Waals surface area contributed by atoms with Gasteiger partial charge < -0.3 is 9.73 Å². The molecule has 0 radical (unpaired) electrons. The maximum absolute atomic E-state index is 11.9. The van der Waals surface area contributed by atoms with Crippen molar-refractivity contribution in [3.05, 3.63) is 78.7 Å². The topological polar surface area (TPSA) is 68.0 Å². The van der Waals surface area contributed by atoms with E-state index in [1.165, 1.54) is 6.08 Å². The van der Waals surface area contributed by atoms with Crippen molar-refractivity contribution < 1.29 is 9.21 Å². The van der Waals surface area contributed by atoms with Gasteiger partial charge in [-0.3, -0.25) is 14.8 Å². The Morgan fingerprint density at radius 1 is 1.17 bits per heavy atom. The second kappa shape index (κ2) is 7.17. The summed E-state index contributed by atoms with van der Waals surface area (Å²) in [6.07, 6.45) is 9.83. The lowest BCUT2D eigenvalue weighted by atomic mass is 10.1. The molecule has 0 unspecified atom stereocenters. The molecule has 3 aromatic rings. The van der Waals surface area contributed by atoms with Crippen LogP contribution >= 0.6 is 0 Å². The third-order valence-electron chi connectivity index (χ3n) is 3.22. The minimum Gasteiger partial charge on any atom is -0.465 e. The lowest BCUT2D eigenvalue weighted by Gasteiger charge is -2.08. The predicted molar refractivity (Wildman–Crippen MR) is 87.1 cm³/mol. The average Bonchev–Trinajstić information content (AvgIpc) is 3.13. The first-order valence-corrected chi connectivity index (χ1v) is 7.16. The highest BCUT2D eigenvalue weighted by molar-refractivity contribution is 5.91. The number of rotatable bonds is 5. The molecule has 0 atom stereocenters. The largest absolute Gasteiger partial charge is 0.465 e. The highest BCUT2D eigenvalue weighted by Crippen LogP contribution is 2.19. The molecule has 0 aliphatic carbocycles. The normalized spacial score (nSPS) is 10.8. The van der Waals surface area contributed by atoms with Crippen LogP contribution in [-0.2, 0) is 11.3 Å². The summed E-state index contributed by atoms with van der Waals surface area (Å²) >= 11 is 0. The second-order valence-corrected chi connectivity index (χ2v) is 4.82. The minimum absolute atomic E-state index is 0.192. The van der Waals surface area contributed by atoms with E-state index in [0.29, 0.717) is 12.3 Å². The van der Waals surface area contributed by atoms with Gasteiger partial charge in [-0.15, -0.1) is 0 Å². The van der Waals surface area contributed by atoms with E-state index < -0.39 is 0 Å². The van der Waals surface area contributed by atoms with E-state index in [4.69, 9.17) is 4.42 Å². The SMILES string of the molecule is O=C(/C=C/c1ccco1)NCc1cccnc1-c1cccnc1.